The second kappa shape index (κ2) is 5.04. The van der Waals surface area contributed by atoms with Crippen LogP contribution in [0.1, 0.15) is 19.5 Å². The SMILES string of the molecule is CC1(C)CNC(CO)C(=O)N1Cc1ccccn1. The second-order valence-electron chi connectivity index (χ2n) is 5.17. The molecule has 1 amide bonds. The van der Waals surface area contributed by atoms with Crippen molar-refractivity contribution in [3.05, 3.63) is 30.1 Å². The van der Waals surface area contributed by atoms with Crippen molar-refractivity contribution in [3.8, 4) is 0 Å². The van der Waals surface area contributed by atoms with Crippen LogP contribution >= 0.6 is 0 Å². The fourth-order valence-electron chi connectivity index (χ4n) is 2.13. The Balaban J connectivity index is 2.19. The number of amides is 1. The molecule has 1 saturated heterocycles. The van der Waals surface area contributed by atoms with Crippen LogP contribution in [0.4, 0.5) is 0 Å². The van der Waals surface area contributed by atoms with Crippen LogP contribution in [0.25, 0.3) is 0 Å². The summed E-state index contributed by atoms with van der Waals surface area (Å²) in [7, 11) is 0. The van der Waals surface area contributed by atoms with Crippen molar-refractivity contribution < 1.29 is 9.90 Å². The summed E-state index contributed by atoms with van der Waals surface area (Å²) in [5.41, 5.74) is 0.581. The summed E-state index contributed by atoms with van der Waals surface area (Å²) in [5.74, 6) is -0.0700. The molecule has 2 rings (SSSR count). The van der Waals surface area contributed by atoms with Crippen molar-refractivity contribution >= 4 is 5.91 Å². The first-order valence-corrected chi connectivity index (χ1v) is 6.10. The van der Waals surface area contributed by atoms with Crippen LogP contribution in [0.5, 0.6) is 0 Å². The Hall–Kier alpha value is -1.46. The Kier molecular flexibility index (Phi) is 3.63. The van der Waals surface area contributed by atoms with E-state index in [4.69, 9.17) is 0 Å². The van der Waals surface area contributed by atoms with Crippen molar-refractivity contribution in [3.63, 3.8) is 0 Å². The molecule has 1 atom stereocenters. The molecule has 1 fully saturated rings. The van der Waals surface area contributed by atoms with E-state index < -0.39 is 6.04 Å². The molecule has 1 aliphatic rings. The lowest BCUT2D eigenvalue weighted by Gasteiger charge is -2.45. The van der Waals surface area contributed by atoms with Crippen molar-refractivity contribution in [1.82, 2.24) is 15.2 Å². The van der Waals surface area contributed by atoms with Crippen LogP contribution in [-0.4, -0.2) is 45.6 Å². The van der Waals surface area contributed by atoms with Crippen LogP contribution < -0.4 is 5.32 Å². The van der Waals surface area contributed by atoms with Gasteiger partial charge in [0.2, 0.25) is 5.91 Å². The fraction of sp³-hybridized carbons (Fsp3) is 0.538. The van der Waals surface area contributed by atoms with E-state index in [1.54, 1.807) is 11.1 Å². The summed E-state index contributed by atoms with van der Waals surface area (Å²) in [6, 6.07) is 5.16. The first-order valence-electron chi connectivity index (χ1n) is 6.10. The molecule has 5 heteroatoms. The third-order valence-electron chi connectivity index (χ3n) is 3.30. The van der Waals surface area contributed by atoms with Crippen molar-refractivity contribution in [2.45, 2.75) is 32.0 Å². The zero-order chi connectivity index (χ0) is 13.2. The van der Waals surface area contributed by atoms with Gasteiger partial charge in [-0.3, -0.25) is 9.78 Å². The summed E-state index contributed by atoms with van der Waals surface area (Å²) >= 11 is 0. The van der Waals surface area contributed by atoms with E-state index in [-0.39, 0.29) is 18.1 Å². The monoisotopic (exact) mass is 249 g/mol. The number of piperazine rings is 1. The topological polar surface area (TPSA) is 65.5 Å². The molecule has 0 radical (unpaired) electrons. The number of pyridine rings is 1. The fourth-order valence-corrected chi connectivity index (χ4v) is 2.13. The normalized spacial score (nSPS) is 23.2. The smallest absolute Gasteiger partial charge is 0.242 e. The number of hydrogen-bond acceptors (Lipinski definition) is 4. The lowest BCUT2D eigenvalue weighted by Crippen LogP contribution is -2.65. The van der Waals surface area contributed by atoms with Gasteiger partial charge in [-0.05, 0) is 26.0 Å². The third kappa shape index (κ3) is 2.52. The standard InChI is InChI=1S/C13H19N3O2/c1-13(2)9-15-11(8-17)12(18)16(13)7-10-5-3-4-6-14-10/h3-6,11,15,17H,7-9H2,1-2H3. The number of aliphatic hydroxyl groups excluding tert-OH is 1. The largest absolute Gasteiger partial charge is 0.394 e. The van der Waals surface area contributed by atoms with Crippen molar-refractivity contribution in [2.24, 2.45) is 0 Å². The quantitative estimate of drug-likeness (QED) is 0.800. The van der Waals surface area contributed by atoms with Crippen LogP contribution in [0.15, 0.2) is 24.4 Å². The van der Waals surface area contributed by atoms with Gasteiger partial charge in [0.25, 0.3) is 0 Å². The van der Waals surface area contributed by atoms with Crippen LogP contribution in [0, 0.1) is 0 Å². The minimum Gasteiger partial charge on any atom is -0.394 e. The molecule has 1 unspecified atom stereocenters. The van der Waals surface area contributed by atoms with E-state index in [2.05, 4.69) is 10.3 Å². The number of nitrogens with zero attached hydrogens (tertiary/aromatic N) is 2. The maximum atomic E-state index is 12.3. The van der Waals surface area contributed by atoms with Crippen LogP contribution in [-0.2, 0) is 11.3 Å². The molecular formula is C13H19N3O2. The Bertz CT molecular complexity index is 420. The molecule has 0 saturated carbocycles. The summed E-state index contributed by atoms with van der Waals surface area (Å²) in [5, 5.41) is 12.3. The average molecular weight is 249 g/mol. The Labute approximate surface area is 107 Å². The molecule has 5 nitrogen and oxygen atoms in total. The molecule has 0 aromatic carbocycles. The zero-order valence-corrected chi connectivity index (χ0v) is 10.8. The zero-order valence-electron chi connectivity index (χ0n) is 10.8. The molecule has 1 aromatic rings. The van der Waals surface area contributed by atoms with E-state index in [0.717, 1.165) is 5.69 Å². The Morgan fingerprint density at radius 1 is 1.56 bits per heavy atom. The molecule has 98 valence electrons. The predicted molar refractivity (Wildman–Crippen MR) is 67.7 cm³/mol. The van der Waals surface area contributed by atoms with E-state index in [9.17, 15) is 9.90 Å². The van der Waals surface area contributed by atoms with Gasteiger partial charge in [0.05, 0.1) is 24.4 Å². The minimum absolute atomic E-state index is 0.0700. The number of aliphatic hydroxyl groups is 1. The van der Waals surface area contributed by atoms with Gasteiger partial charge in [-0.15, -0.1) is 0 Å². The van der Waals surface area contributed by atoms with Crippen molar-refractivity contribution in [1.29, 1.82) is 0 Å². The average Bonchev–Trinajstić information content (AvgIpc) is 2.36. The van der Waals surface area contributed by atoms with E-state index in [0.29, 0.717) is 13.1 Å². The Morgan fingerprint density at radius 3 is 2.94 bits per heavy atom. The number of carbonyl (C=O) groups excluding carboxylic acids is 1. The highest BCUT2D eigenvalue weighted by atomic mass is 16.3. The molecule has 1 aromatic heterocycles. The lowest BCUT2D eigenvalue weighted by molar-refractivity contribution is -0.145. The van der Waals surface area contributed by atoms with Gasteiger partial charge in [-0.2, -0.15) is 0 Å². The van der Waals surface area contributed by atoms with Crippen LogP contribution in [0.2, 0.25) is 0 Å². The number of nitrogens with one attached hydrogen (secondary N) is 1. The van der Waals surface area contributed by atoms with Gasteiger partial charge < -0.3 is 15.3 Å². The molecule has 2 heterocycles. The molecule has 1 aliphatic heterocycles. The highest BCUT2D eigenvalue weighted by molar-refractivity contribution is 5.83. The van der Waals surface area contributed by atoms with Gasteiger partial charge in [0.15, 0.2) is 0 Å². The summed E-state index contributed by atoms with van der Waals surface area (Å²) in [6.45, 7) is 4.98. The van der Waals surface area contributed by atoms with Crippen LogP contribution in [0.3, 0.4) is 0 Å². The van der Waals surface area contributed by atoms with Gasteiger partial charge in [0.1, 0.15) is 6.04 Å². The molecule has 0 aliphatic carbocycles. The Morgan fingerprint density at radius 2 is 2.33 bits per heavy atom. The summed E-state index contributed by atoms with van der Waals surface area (Å²) < 4.78 is 0. The molecule has 0 spiro atoms. The molecule has 18 heavy (non-hydrogen) atoms. The lowest BCUT2D eigenvalue weighted by atomic mass is 9.96. The molecule has 0 bridgehead atoms. The number of hydrogen-bond donors (Lipinski definition) is 2. The number of rotatable bonds is 3. The van der Waals surface area contributed by atoms with E-state index >= 15 is 0 Å². The minimum atomic E-state index is -0.498. The number of carbonyl (C=O) groups is 1. The maximum Gasteiger partial charge on any atom is 0.242 e. The highest BCUT2D eigenvalue weighted by Crippen LogP contribution is 2.21. The maximum absolute atomic E-state index is 12.3. The summed E-state index contributed by atoms with van der Waals surface area (Å²) in [6.07, 6.45) is 1.72. The van der Waals surface area contributed by atoms with Gasteiger partial charge >= 0.3 is 0 Å². The molecular weight excluding hydrogens is 230 g/mol. The van der Waals surface area contributed by atoms with Gasteiger partial charge in [-0.1, -0.05) is 6.07 Å². The second-order valence-corrected chi connectivity index (χ2v) is 5.17. The first-order chi connectivity index (χ1) is 8.54. The third-order valence-corrected chi connectivity index (χ3v) is 3.30. The van der Waals surface area contributed by atoms with Gasteiger partial charge in [-0.25, -0.2) is 0 Å². The number of aromatic nitrogens is 1. The van der Waals surface area contributed by atoms with E-state index in [1.165, 1.54) is 0 Å². The predicted octanol–water partition coefficient (Wildman–Crippen LogP) is 0.153. The highest BCUT2D eigenvalue weighted by Gasteiger charge is 2.39. The molecule has 2 N–H and O–H groups in total. The van der Waals surface area contributed by atoms with Crippen molar-refractivity contribution in [2.75, 3.05) is 13.2 Å². The first kappa shape index (κ1) is 13.0. The van der Waals surface area contributed by atoms with E-state index in [1.807, 2.05) is 32.0 Å². The van der Waals surface area contributed by atoms with Gasteiger partial charge in [0, 0.05) is 12.7 Å². The summed E-state index contributed by atoms with van der Waals surface area (Å²) in [4.78, 5) is 18.3.